The number of fused-ring (bicyclic) bond motifs is 2. The average molecular weight is 356 g/mol. The van der Waals surface area contributed by atoms with Crippen molar-refractivity contribution in [3.63, 3.8) is 0 Å². The molecule has 3 N–H and O–H groups in total. The van der Waals surface area contributed by atoms with Crippen LogP contribution in [0.4, 0.5) is 0 Å². The smallest absolute Gasteiger partial charge is 0.305 e. The van der Waals surface area contributed by atoms with Crippen molar-refractivity contribution in [3.8, 4) is 0 Å². The summed E-state index contributed by atoms with van der Waals surface area (Å²) in [5.74, 6) is -0.194. The first-order valence-electron chi connectivity index (χ1n) is 9.37. The van der Waals surface area contributed by atoms with Crippen molar-refractivity contribution >= 4 is 11.9 Å². The quantitative estimate of drug-likeness (QED) is 0.661. The van der Waals surface area contributed by atoms with Crippen LogP contribution in [0.25, 0.3) is 0 Å². The molecule has 0 radical (unpaired) electrons. The van der Waals surface area contributed by atoms with Crippen molar-refractivity contribution in [3.05, 3.63) is 47.9 Å². The lowest BCUT2D eigenvalue weighted by Crippen LogP contribution is -2.43. The van der Waals surface area contributed by atoms with E-state index in [2.05, 4.69) is 23.3 Å². The lowest BCUT2D eigenvalue weighted by molar-refractivity contribution is -0.137. The molecule has 1 heterocycles. The first-order chi connectivity index (χ1) is 12.3. The third kappa shape index (κ3) is 3.62. The number of carboxylic acid groups (broad SMARTS) is 1. The lowest BCUT2D eigenvalue weighted by atomic mass is 9.72. The Labute approximate surface area is 154 Å². The summed E-state index contributed by atoms with van der Waals surface area (Å²) in [7, 11) is 0. The van der Waals surface area contributed by atoms with E-state index in [0.29, 0.717) is 5.92 Å². The minimum Gasteiger partial charge on any atom is -0.481 e. The van der Waals surface area contributed by atoms with Gasteiger partial charge in [-0.05, 0) is 57.1 Å². The largest absolute Gasteiger partial charge is 0.481 e. The van der Waals surface area contributed by atoms with Crippen molar-refractivity contribution < 1.29 is 14.7 Å². The number of hydrogen-bond acceptors (Lipinski definition) is 3. The summed E-state index contributed by atoms with van der Waals surface area (Å²) in [6.45, 7) is 7.45. The van der Waals surface area contributed by atoms with Crippen LogP contribution in [-0.4, -0.2) is 23.0 Å². The second kappa shape index (κ2) is 7.14. The summed E-state index contributed by atoms with van der Waals surface area (Å²) in [4.78, 5) is 23.6. The maximum atomic E-state index is 12.6. The predicted octanol–water partition coefficient (Wildman–Crippen LogP) is 3.28. The number of carbonyl (C=O) groups excluding carboxylic acids is 1. The van der Waals surface area contributed by atoms with E-state index < -0.39 is 11.4 Å². The maximum Gasteiger partial charge on any atom is 0.305 e. The molecule has 0 aromatic heterocycles. The summed E-state index contributed by atoms with van der Waals surface area (Å²) in [5.41, 5.74) is 2.68. The van der Waals surface area contributed by atoms with Crippen molar-refractivity contribution in [1.29, 1.82) is 0 Å². The van der Waals surface area contributed by atoms with Gasteiger partial charge in [-0.1, -0.05) is 18.2 Å². The van der Waals surface area contributed by atoms with E-state index in [-0.39, 0.29) is 24.3 Å². The highest BCUT2D eigenvalue weighted by Crippen LogP contribution is 2.43. The molecule has 1 fully saturated rings. The number of allylic oxidation sites excluding steroid dienone is 5. The molecule has 3 aliphatic rings. The molecule has 0 spiro atoms. The topological polar surface area (TPSA) is 78.4 Å². The second-order valence-electron chi connectivity index (χ2n) is 8.07. The van der Waals surface area contributed by atoms with Gasteiger partial charge >= 0.3 is 5.97 Å². The van der Waals surface area contributed by atoms with Gasteiger partial charge in [0.05, 0.1) is 11.8 Å². The number of carboxylic acids is 1. The maximum absolute atomic E-state index is 12.6. The molecule has 5 heteroatoms. The van der Waals surface area contributed by atoms with E-state index in [1.807, 2.05) is 26.0 Å². The van der Waals surface area contributed by atoms with Crippen LogP contribution in [0.2, 0.25) is 0 Å². The van der Waals surface area contributed by atoms with Crippen LogP contribution in [0.15, 0.2) is 47.9 Å². The number of hydrogen-bond donors (Lipinski definition) is 3. The van der Waals surface area contributed by atoms with E-state index in [4.69, 9.17) is 5.11 Å². The minimum atomic E-state index is -0.766. The van der Waals surface area contributed by atoms with Crippen LogP contribution in [0.1, 0.15) is 46.0 Å². The molecular weight excluding hydrogens is 328 g/mol. The number of amides is 1. The standard InChI is InChI=1S/C21H28N2O3/c1-4-21(2,3)20(26)23-17-7-5-6-16-15(17)11-9-13-8-10-14(12-18(24)25)22-19(13)16/h4-7,13-15,22H,1,8-12H2,2-3H3,(H,23,26)(H,24,25). The van der Waals surface area contributed by atoms with Crippen molar-refractivity contribution in [2.45, 2.75) is 52.0 Å². The van der Waals surface area contributed by atoms with Gasteiger partial charge in [-0.25, -0.2) is 0 Å². The Morgan fingerprint density at radius 2 is 2.08 bits per heavy atom. The Balaban J connectivity index is 1.82. The molecule has 1 saturated heterocycles. The fourth-order valence-corrected chi connectivity index (χ4v) is 4.05. The summed E-state index contributed by atoms with van der Waals surface area (Å²) in [6, 6.07) is -0.0120. The molecule has 140 valence electrons. The van der Waals surface area contributed by atoms with E-state index in [9.17, 15) is 9.59 Å². The number of rotatable bonds is 5. The van der Waals surface area contributed by atoms with Gasteiger partial charge < -0.3 is 15.7 Å². The number of nitrogens with one attached hydrogen (secondary N) is 2. The third-order valence-electron chi connectivity index (χ3n) is 5.82. The van der Waals surface area contributed by atoms with Crippen molar-refractivity contribution in [2.75, 3.05) is 0 Å². The molecule has 3 rings (SSSR count). The van der Waals surface area contributed by atoms with Gasteiger partial charge in [0.2, 0.25) is 5.91 Å². The molecular formula is C21H28N2O3. The number of aliphatic carboxylic acids is 1. The molecule has 0 aromatic carbocycles. The zero-order valence-electron chi connectivity index (χ0n) is 15.5. The third-order valence-corrected chi connectivity index (χ3v) is 5.82. The zero-order valence-corrected chi connectivity index (χ0v) is 15.5. The summed E-state index contributed by atoms with van der Waals surface area (Å²) < 4.78 is 0. The van der Waals surface area contributed by atoms with Crippen LogP contribution in [0.3, 0.4) is 0 Å². The Kier molecular flexibility index (Phi) is 5.08. The number of carbonyl (C=O) groups is 2. The van der Waals surface area contributed by atoms with Gasteiger partial charge in [-0.2, -0.15) is 0 Å². The lowest BCUT2D eigenvalue weighted by Gasteiger charge is -2.41. The molecule has 1 amide bonds. The molecule has 0 bridgehead atoms. The molecule has 26 heavy (non-hydrogen) atoms. The molecule has 0 aromatic rings. The number of piperidine rings is 1. The van der Waals surface area contributed by atoms with Crippen LogP contribution in [0.5, 0.6) is 0 Å². The monoisotopic (exact) mass is 356 g/mol. The highest BCUT2D eigenvalue weighted by molar-refractivity contribution is 5.85. The first kappa shape index (κ1) is 18.5. The normalized spacial score (nSPS) is 27.6. The average Bonchev–Trinajstić information content (AvgIpc) is 2.61. The van der Waals surface area contributed by atoms with Gasteiger partial charge in [-0.15, -0.1) is 6.58 Å². The van der Waals surface area contributed by atoms with Crippen molar-refractivity contribution in [2.24, 2.45) is 17.3 Å². The van der Waals surface area contributed by atoms with Gasteiger partial charge in [0.15, 0.2) is 0 Å². The Morgan fingerprint density at radius 1 is 1.35 bits per heavy atom. The minimum absolute atomic E-state index is 0.0120. The molecule has 2 aliphatic carbocycles. The first-order valence-corrected chi connectivity index (χ1v) is 9.37. The van der Waals surface area contributed by atoms with E-state index in [1.165, 1.54) is 11.3 Å². The molecule has 3 atom stereocenters. The van der Waals surface area contributed by atoms with E-state index >= 15 is 0 Å². The van der Waals surface area contributed by atoms with Crippen LogP contribution in [0, 0.1) is 17.3 Å². The SMILES string of the molecule is C=CC(C)(C)C(=O)NC1=CC=CC2=C3NC(CC(=O)O)CCC3CCC12. The van der Waals surface area contributed by atoms with Crippen LogP contribution >= 0.6 is 0 Å². The van der Waals surface area contributed by atoms with Crippen LogP contribution < -0.4 is 10.6 Å². The summed E-state index contributed by atoms with van der Waals surface area (Å²) >= 11 is 0. The van der Waals surface area contributed by atoms with E-state index in [0.717, 1.165) is 31.4 Å². The Hall–Kier alpha value is -2.30. The highest BCUT2D eigenvalue weighted by atomic mass is 16.4. The summed E-state index contributed by atoms with van der Waals surface area (Å²) in [6.07, 6.45) is 11.8. The predicted molar refractivity (Wildman–Crippen MR) is 101 cm³/mol. The highest BCUT2D eigenvalue weighted by Gasteiger charge is 2.37. The van der Waals surface area contributed by atoms with Crippen molar-refractivity contribution in [1.82, 2.24) is 10.6 Å². The Morgan fingerprint density at radius 3 is 2.77 bits per heavy atom. The van der Waals surface area contributed by atoms with E-state index in [1.54, 1.807) is 6.08 Å². The van der Waals surface area contributed by atoms with Crippen LogP contribution in [-0.2, 0) is 9.59 Å². The fraction of sp³-hybridized carbons (Fsp3) is 0.524. The Bertz CT molecular complexity index is 715. The molecule has 5 nitrogen and oxygen atoms in total. The van der Waals surface area contributed by atoms with Gasteiger partial charge in [-0.3, -0.25) is 9.59 Å². The summed E-state index contributed by atoms with van der Waals surface area (Å²) in [5, 5.41) is 15.7. The zero-order chi connectivity index (χ0) is 18.9. The van der Waals surface area contributed by atoms with Gasteiger partial charge in [0, 0.05) is 23.4 Å². The molecule has 1 aliphatic heterocycles. The second-order valence-corrected chi connectivity index (χ2v) is 8.07. The van der Waals surface area contributed by atoms with Gasteiger partial charge in [0.1, 0.15) is 0 Å². The molecule has 0 saturated carbocycles. The van der Waals surface area contributed by atoms with Gasteiger partial charge in [0.25, 0.3) is 0 Å². The molecule has 3 unspecified atom stereocenters. The fourth-order valence-electron chi connectivity index (χ4n) is 4.05.